The number of esters is 2. The van der Waals surface area contributed by atoms with E-state index in [0.717, 1.165) is 64.2 Å². The van der Waals surface area contributed by atoms with E-state index in [1.807, 2.05) is 21.1 Å². The highest BCUT2D eigenvalue weighted by molar-refractivity contribution is 5.70. The molecule has 0 saturated heterocycles. The first-order chi connectivity index (χ1) is 23.6. The number of quaternary nitrogens is 1. The topological polar surface area (TPSA) is 111 Å². The van der Waals surface area contributed by atoms with E-state index in [4.69, 9.17) is 18.9 Å². The monoisotopic (exact) mass is 696 g/mol. The van der Waals surface area contributed by atoms with E-state index in [2.05, 4.69) is 38.2 Å². The Labute approximate surface area is 299 Å². The van der Waals surface area contributed by atoms with Gasteiger partial charge in [0.25, 0.3) is 0 Å². The molecule has 0 radical (unpaired) electrons. The molecular weight excluding hydrogens is 622 g/mol. The third-order valence-corrected chi connectivity index (χ3v) is 8.18. The Morgan fingerprint density at radius 2 is 1.14 bits per heavy atom. The number of unbranched alkanes of at least 4 members (excludes halogenated alkanes) is 16. The van der Waals surface area contributed by atoms with Crippen LogP contribution in [-0.2, 0) is 33.3 Å². The molecule has 2 unspecified atom stereocenters. The quantitative estimate of drug-likeness (QED) is 0.0216. The Kier molecular flexibility index (Phi) is 31.4. The van der Waals surface area contributed by atoms with Gasteiger partial charge in [-0.1, -0.05) is 128 Å². The van der Waals surface area contributed by atoms with Crippen molar-refractivity contribution in [3.63, 3.8) is 0 Å². The minimum Gasteiger partial charge on any atom is -0.545 e. The lowest BCUT2D eigenvalue weighted by atomic mass is 10.1. The van der Waals surface area contributed by atoms with Gasteiger partial charge in [-0.05, 0) is 38.5 Å². The largest absolute Gasteiger partial charge is 0.545 e. The van der Waals surface area contributed by atoms with Crippen LogP contribution in [-0.4, -0.2) is 82.3 Å². The average molecular weight is 696 g/mol. The van der Waals surface area contributed by atoms with Gasteiger partial charge in [-0.25, -0.2) is 0 Å². The summed E-state index contributed by atoms with van der Waals surface area (Å²) in [5, 5.41) is 11.6. The molecule has 0 amide bonds. The molecule has 286 valence electrons. The van der Waals surface area contributed by atoms with Crippen molar-refractivity contribution < 1.29 is 42.9 Å². The van der Waals surface area contributed by atoms with Gasteiger partial charge in [0.15, 0.2) is 12.4 Å². The number of aliphatic carboxylic acids is 1. The van der Waals surface area contributed by atoms with Crippen LogP contribution in [0.25, 0.3) is 0 Å². The molecule has 0 aromatic carbocycles. The Morgan fingerprint density at radius 1 is 0.612 bits per heavy atom. The van der Waals surface area contributed by atoms with Gasteiger partial charge in [-0.3, -0.25) is 9.59 Å². The molecule has 0 saturated carbocycles. The van der Waals surface area contributed by atoms with Crippen LogP contribution in [0.1, 0.15) is 155 Å². The second-order valence-corrected chi connectivity index (χ2v) is 14.2. The lowest BCUT2D eigenvalue weighted by Gasteiger charge is -2.26. The summed E-state index contributed by atoms with van der Waals surface area (Å²) in [7, 11) is 5.89. The number of rotatable bonds is 35. The van der Waals surface area contributed by atoms with Crippen molar-refractivity contribution in [2.45, 2.75) is 167 Å². The fourth-order valence-corrected chi connectivity index (χ4v) is 5.10. The number of carbonyl (C=O) groups is 3. The van der Waals surface area contributed by atoms with Gasteiger partial charge in [0.2, 0.25) is 0 Å². The minimum absolute atomic E-state index is 0.146. The molecular formula is C40H73NO8. The van der Waals surface area contributed by atoms with Gasteiger partial charge in [0.1, 0.15) is 13.2 Å². The highest BCUT2D eigenvalue weighted by atomic mass is 16.7. The highest BCUT2D eigenvalue weighted by Gasteiger charge is 2.21. The number of ether oxygens (including phenoxy) is 4. The van der Waals surface area contributed by atoms with Gasteiger partial charge in [-0.15, -0.1) is 0 Å². The molecule has 0 bridgehead atoms. The van der Waals surface area contributed by atoms with Crippen molar-refractivity contribution in [3.05, 3.63) is 24.3 Å². The number of hydrogen-bond donors (Lipinski definition) is 0. The molecule has 0 aliphatic carbocycles. The Hall–Kier alpha value is -2.23. The van der Waals surface area contributed by atoms with Gasteiger partial charge in [0, 0.05) is 12.8 Å². The number of hydrogen-bond acceptors (Lipinski definition) is 8. The molecule has 9 heteroatoms. The smallest absolute Gasteiger partial charge is 0.306 e. The number of carboxylic acid groups (broad SMARTS) is 1. The maximum Gasteiger partial charge on any atom is 0.306 e. The third kappa shape index (κ3) is 34.0. The number of allylic oxidation sites excluding steroid dienone is 4. The lowest BCUT2D eigenvalue weighted by molar-refractivity contribution is -0.870. The van der Waals surface area contributed by atoms with Crippen molar-refractivity contribution in [1.29, 1.82) is 0 Å². The first-order valence-corrected chi connectivity index (χ1v) is 19.5. The predicted octanol–water partition coefficient (Wildman–Crippen LogP) is 7.99. The molecule has 0 heterocycles. The Bertz CT molecular complexity index is 867. The maximum atomic E-state index is 12.7. The molecule has 2 atom stereocenters. The summed E-state index contributed by atoms with van der Waals surface area (Å²) in [5.41, 5.74) is 0. The van der Waals surface area contributed by atoms with Crippen molar-refractivity contribution in [1.82, 2.24) is 0 Å². The lowest BCUT2D eigenvalue weighted by Crippen LogP contribution is -2.44. The van der Waals surface area contributed by atoms with E-state index in [1.54, 1.807) is 0 Å². The van der Waals surface area contributed by atoms with E-state index >= 15 is 0 Å². The third-order valence-electron chi connectivity index (χ3n) is 8.18. The van der Waals surface area contributed by atoms with Gasteiger partial charge in [-0.2, -0.15) is 0 Å². The Balaban J connectivity index is 4.56. The van der Waals surface area contributed by atoms with E-state index in [-0.39, 0.29) is 32.2 Å². The molecule has 0 aliphatic rings. The minimum atomic E-state index is -1.62. The normalized spacial score (nSPS) is 13.2. The van der Waals surface area contributed by atoms with Crippen LogP contribution in [0.2, 0.25) is 0 Å². The highest BCUT2D eigenvalue weighted by Crippen LogP contribution is 2.13. The van der Waals surface area contributed by atoms with Crippen LogP contribution >= 0.6 is 0 Å². The van der Waals surface area contributed by atoms with E-state index in [0.29, 0.717) is 23.9 Å². The van der Waals surface area contributed by atoms with Crippen LogP contribution < -0.4 is 5.11 Å². The first kappa shape index (κ1) is 46.8. The summed E-state index contributed by atoms with van der Waals surface area (Å²) >= 11 is 0. The predicted molar refractivity (Wildman–Crippen MR) is 196 cm³/mol. The summed E-state index contributed by atoms with van der Waals surface area (Å²) in [5.74, 6) is -2.31. The van der Waals surface area contributed by atoms with E-state index < -0.39 is 24.3 Å². The number of nitrogens with zero attached hydrogens (tertiary/aromatic N) is 1. The first-order valence-electron chi connectivity index (χ1n) is 19.5. The van der Waals surface area contributed by atoms with Crippen LogP contribution in [0, 0.1) is 0 Å². The SMILES string of the molecule is CCC/C=C\C/C=C\CCCCCCCC(=O)OC(COC(=O)CCCCCCCCCCCCC)COC(OCC[N+](C)(C)C)C(=O)[O-]. The fourth-order valence-electron chi connectivity index (χ4n) is 5.10. The van der Waals surface area contributed by atoms with Gasteiger partial charge < -0.3 is 33.3 Å². The van der Waals surface area contributed by atoms with E-state index in [1.165, 1.54) is 57.8 Å². The number of carbonyl (C=O) groups excluding carboxylic acids is 3. The molecule has 49 heavy (non-hydrogen) atoms. The molecule has 0 aromatic rings. The summed E-state index contributed by atoms with van der Waals surface area (Å²) in [6.07, 6.45) is 29.2. The second kappa shape index (κ2) is 32.9. The summed E-state index contributed by atoms with van der Waals surface area (Å²) in [6.45, 7) is 4.63. The summed E-state index contributed by atoms with van der Waals surface area (Å²) < 4.78 is 22.4. The summed E-state index contributed by atoms with van der Waals surface area (Å²) in [6, 6.07) is 0. The summed E-state index contributed by atoms with van der Waals surface area (Å²) in [4.78, 5) is 36.7. The maximum absolute atomic E-state index is 12.7. The molecule has 0 N–H and O–H groups in total. The number of likely N-dealkylation sites (N-methyl/N-ethyl adjacent to an activating group) is 1. The van der Waals surface area contributed by atoms with Crippen molar-refractivity contribution >= 4 is 17.9 Å². The zero-order valence-corrected chi connectivity index (χ0v) is 32.1. The molecule has 0 aliphatic heterocycles. The van der Waals surface area contributed by atoms with Crippen molar-refractivity contribution in [2.24, 2.45) is 0 Å². The zero-order valence-electron chi connectivity index (χ0n) is 32.1. The number of carboxylic acids is 1. The van der Waals surface area contributed by atoms with Crippen molar-refractivity contribution in [3.8, 4) is 0 Å². The molecule has 9 nitrogen and oxygen atoms in total. The molecule has 0 rings (SSSR count). The standard InChI is InChI=1S/C40H73NO8/c1-6-8-10-12-14-16-18-19-21-23-25-27-29-31-38(43)49-36(35-48-40(39(44)45)46-33-32-41(3,4)5)34-47-37(42)30-28-26-24-22-20-17-15-13-11-9-7-2/h10,12,16,18,36,40H,6-9,11,13-15,17,19-35H2,1-5H3/b12-10-,18-16-. The Morgan fingerprint density at radius 3 is 1.69 bits per heavy atom. The van der Waals surface area contributed by atoms with Crippen LogP contribution in [0.4, 0.5) is 0 Å². The second-order valence-electron chi connectivity index (χ2n) is 14.2. The molecule has 0 spiro atoms. The van der Waals surface area contributed by atoms with Gasteiger partial charge >= 0.3 is 11.9 Å². The van der Waals surface area contributed by atoms with Crippen molar-refractivity contribution in [2.75, 3.05) is 47.5 Å². The average Bonchev–Trinajstić information content (AvgIpc) is 3.05. The van der Waals surface area contributed by atoms with Crippen LogP contribution in [0.15, 0.2) is 24.3 Å². The fraction of sp³-hybridized carbons (Fsp3) is 0.825. The molecule has 0 fully saturated rings. The molecule has 0 aromatic heterocycles. The van der Waals surface area contributed by atoms with E-state index in [9.17, 15) is 19.5 Å². The van der Waals surface area contributed by atoms with Crippen LogP contribution in [0.3, 0.4) is 0 Å². The zero-order chi connectivity index (χ0) is 36.4. The van der Waals surface area contributed by atoms with Gasteiger partial charge in [0.05, 0.1) is 40.3 Å². The van der Waals surface area contributed by atoms with Crippen LogP contribution in [0.5, 0.6) is 0 Å².